The Balaban J connectivity index is 2.29. The third-order valence-electron chi connectivity index (χ3n) is 2.37. The number of nitrogens with two attached hydrogens (primary N) is 1. The van der Waals surface area contributed by atoms with E-state index in [1.807, 2.05) is 6.92 Å². The first-order valence-electron chi connectivity index (χ1n) is 5.44. The van der Waals surface area contributed by atoms with Crippen molar-refractivity contribution >= 4 is 27.4 Å². The van der Waals surface area contributed by atoms with E-state index in [0.717, 1.165) is 0 Å². The second-order valence-corrected chi connectivity index (χ2v) is 4.40. The van der Waals surface area contributed by atoms with Crippen LogP contribution in [-0.4, -0.2) is 12.4 Å². The third-order valence-corrected chi connectivity index (χ3v) is 2.80. The van der Waals surface area contributed by atoms with Crippen molar-refractivity contribution in [3.63, 3.8) is 0 Å². The van der Waals surface area contributed by atoms with Gasteiger partial charge in [-0.05, 0) is 53.2 Å². The molecule has 0 aliphatic carbocycles. The minimum atomic E-state index is -0.213. The molecule has 1 aromatic carbocycles. The van der Waals surface area contributed by atoms with Crippen LogP contribution in [0.4, 0.5) is 5.69 Å². The Kier molecular flexibility index (Phi) is 3.72. The fourth-order valence-corrected chi connectivity index (χ4v) is 1.86. The van der Waals surface area contributed by atoms with Crippen LogP contribution in [0.2, 0.25) is 0 Å². The van der Waals surface area contributed by atoms with Crippen molar-refractivity contribution in [3.05, 3.63) is 46.3 Å². The van der Waals surface area contributed by atoms with Gasteiger partial charge in [-0.2, -0.15) is 0 Å². The molecule has 2 rings (SSSR count). The van der Waals surface area contributed by atoms with Gasteiger partial charge in [0.25, 0.3) is 0 Å². The second kappa shape index (κ2) is 5.27. The molecule has 5 heteroatoms. The van der Waals surface area contributed by atoms with Crippen molar-refractivity contribution in [2.45, 2.75) is 6.92 Å². The zero-order valence-electron chi connectivity index (χ0n) is 9.77. The minimum absolute atomic E-state index is 0.213. The summed E-state index contributed by atoms with van der Waals surface area (Å²) in [4.78, 5) is 12.1. The number of ketones is 1. The molecule has 1 aromatic heterocycles. The van der Waals surface area contributed by atoms with Gasteiger partial charge < -0.3 is 14.9 Å². The number of carbonyl (C=O) groups excluding carboxylic acids is 1. The monoisotopic (exact) mass is 309 g/mol. The number of carbonyl (C=O) groups is 1. The zero-order valence-corrected chi connectivity index (χ0v) is 11.4. The zero-order chi connectivity index (χ0) is 13.1. The van der Waals surface area contributed by atoms with Crippen LogP contribution in [-0.2, 0) is 0 Å². The van der Waals surface area contributed by atoms with E-state index in [-0.39, 0.29) is 11.5 Å². The van der Waals surface area contributed by atoms with Crippen LogP contribution in [0.25, 0.3) is 0 Å². The molecule has 0 saturated carbocycles. The molecule has 2 N–H and O–H groups in total. The summed E-state index contributed by atoms with van der Waals surface area (Å²) >= 11 is 3.16. The molecule has 0 atom stereocenters. The summed E-state index contributed by atoms with van der Waals surface area (Å²) in [6.07, 6.45) is 0. The molecule has 4 nitrogen and oxygen atoms in total. The fraction of sp³-hybridized carbons (Fsp3) is 0.154. The van der Waals surface area contributed by atoms with Crippen molar-refractivity contribution < 1.29 is 13.9 Å². The Morgan fingerprint density at radius 3 is 2.72 bits per heavy atom. The Bertz CT molecular complexity index is 577. The maximum atomic E-state index is 12.1. The van der Waals surface area contributed by atoms with Crippen LogP contribution in [0.1, 0.15) is 23.0 Å². The maximum absolute atomic E-state index is 12.1. The summed E-state index contributed by atoms with van der Waals surface area (Å²) in [5, 5.41) is 0. The summed E-state index contributed by atoms with van der Waals surface area (Å²) < 4.78 is 11.0. The highest BCUT2D eigenvalue weighted by Gasteiger charge is 2.14. The van der Waals surface area contributed by atoms with Gasteiger partial charge >= 0.3 is 0 Å². The first-order chi connectivity index (χ1) is 8.61. The standard InChI is InChI=1S/C13H12BrNO3/c1-2-17-10-4-3-8(7-9(10)15)13(16)11-5-6-12(14)18-11/h3-7H,2,15H2,1H3. The summed E-state index contributed by atoms with van der Waals surface area (Å²) in [6, 6.07) is 8.22. The molecular weight excluding hydrogens is 298 g/mol. The predicted octanol–water partition coefficient (Wildman–Crippen LogP) is 3.25. The molecule has 2 aromatic rings. The van der Waals surface area contributed by atoms with Crippen LogP contribution in [0.5, 0.6) is 5.75 Å². The quantitative estimate of drug-likeness (QED) is 0.695. The highest BCUT2D eigenvalue weighted by molar-refractivity contribution is 9.10. The van der Waals surface area contributed by atoms with Gasteiger partial charge in [-0.25, -0.2) is 0 Å². The van der Waals surface area contributed by atoms with Crippen molar-refractivity contribution in [2.24, 2.45) is 0 Å². The Labute approximate surface area is 113 Å². The lowest BCUT2D eigenvalue weighted by molar-refractivity contribution is 0.101. The van der Waals surface area contributed by atoms with E-state index < -0.39 is 0 Å². The van der Waals surface area contributed by atoms with Crippen molar-refractivity contribution in [2.75, 3.05) is 12.3 Å². The number of ether oxygens (including phenoxy) is 1. The highest BCUT2D eigenvalue weighted by Crippen LogP contribution is 2.25. The fourth-order valence-electron chi connectivity index (χ4n) is 1.56. The van der Waals surface area contributed by atoms with E-state index in [2.05, 4.69) is 15.9 Å². The molecule has 0 radical (unpaired) electrons. The van der Waals surface area contributed by atoms with E-state index in [1.165, 1.54) is 0 Å². The number of halogens is 1. The van der Waals surface area contributed by atoms with Gasteiger partial charge in [-0.3, -0.25) is 4.79 Å². The molecule has 0 saturated heterocycles. The van der Waals surface area contributed by atoms with Gasteiger partial charge in [0, 0.05) is 5.56 Å². The van der Waals surface area contributed by atoms with Crippen molar-refractivity contribution in [1.29, 1.82) is 0 Å². The van der Waals surface area contributed by atoms with E-state index >= 15 is 0 Å². The lowest BCUT2D eigenvalue weighted by Gasteiger charge is -2.07. The Hall–Kier alpha value is -1.75. The van der Waals surface area contributed by atoms with Crippen LogP contribution in [0.3, 0.4) is 0 Å². The number of anilines is 1. The number of benzene rings is 1. The first kappa shape index (κ1) is 12.7. The summed E-state index contributed by atoms with van der Waals surface area (Å²) in [7, 11) is 0. The molecule has 1 heterocycles. The van der Waals surface area contributed by atoms with E-state index in [0.29, 0.717) is 28.3 Å². The summed E-state index contributed by atoms with van der Waals surface area (Å²) in [6.45, 7) is 2.40. The van der Waals surface area contributed by atoms with E-state index in [4.69, 9.17) is 14.9 Å². The number of nitrogen functional groups attached to an aromatic ring is 1. The number of hydrogen-bond acceptors (Lipinski definition) is 4. The van der Waals surface area contributed by atoms with Crippen molar-refractivity contribution in [1.82, 2.24) is 0 Å². The van der Waals surface area contributed by atoms with Crippen LogP contribution in [0, 0.1) is 0 Å². The average molecular weight is 310 g/mol. The number of rotatable bonds is 4. The minimum Gasteiger partial charge on any atom is -0.492 e. The predicted molar refractivity (Wildman–Crippen MR) is 71.9 cm³/mol. The van der Waals surface area contributed by atoms with Gasteiger partial charge in [0.2, 0.25) is 5.78 Å². The number of furan rings is 1. The van der Waals surface area contributed by atoms with Gasteiger partial charge in [0.15, 0.2) is 10.4 Å². The molecule has 0 spiro atoms. The molecule has 0 fully saturated rings. The maximum Gasteiger partial charge on any atom is 0.228 e. The molecule has 0 aliphatic rings. The van der Waals surface area contributed by atoms with E-state index in [9.17, 15) is 4.79 Å². The van der Waals surface area contributed by atoms with Crippen LogP contribution in [0.15, 0.2) is 39.4 Å². The van der Waals surface area contributed by atoms with Gasteiger partial charge in [-0.1, -0.05) is 0 Å². The lowest BCUT2D eigenvalue weighted by atomic mass is 10.1. The lowest BCUT2D eigenvalue weighted by Crippen LogP contribution is -2.03. The molecule has 18 heavy (non-hydrogen) atoms. The summed E-state index contributed by atoms with van der Waals surface area (Å²) in [5.41, 5.74) is 6.72. The molecule has 0 amide bonds. The van der Waals surface area contributed by atoms with Gasteiger partial charge in [0.05, 0.1) is 12.3 Å². The average Bonchev–Trinajstić information content (AvgIpc) is 2.78. The number of hydrogen-bond donors (Lipinski definition) is 1. The summed E-state index contributed by atoms with van der Waals surface area (Å²) in [5.74, 6) is 0.635. The van der Waals surface area contributed by atoms with Crippen LogP contribution < -0.4 is 10.5 Å². The molecule has 0 aliphatic heterocycles. The topological polar surface area (TPSA) is 65.5 Å². The first-order valence-corrected chi connectivity index (χ1v) is 6.23. The molecule has 0 unspecified atom stereocenters. The highest BCUT2D eigenvalue weighted by atomic mass is 79.9. The molecular formula is C13H12BrNO3. The second-order valence-electron chi connectivity index (χ2n) is 3.62. The largest absolute Gasteiger partial charge is 0.492 e. The van der Waals surface area contributed by atoms with Crippen LogP contribution >= 0.6 is 15.9 Å². The SMILES string of the molecule is CCOc1ccc(C(=O)c2ccc(Br)o2)cc1N. The molecule has 0 bridgehead atoms. The normalized spacial score (nSPS) is 10.3. The van der Waals surface area contributed by atoms with E-state index in [1.54, 1.807) is 30.3 Å². The third kappa shape index (κ3) is 2.56. The molecule has 94 valence electrons. The van der Waals surface area contributed by atoms with Gasteiger partial charge in [-0.15, -0.1) is 0 Å². The van der Waals surface area contributed by atoms with Crippen molar-refractivity contribution in [3.8, 4) is 5.75 Å². The Morgan fingerprint density at radius 1 is 1.39 bits per heavy atom. The smallest absolute Gasteiger partial charge is 0.228 e. The van der Waals surface area contributed by atoms with Gasteiger partial charge in [0.1, 0.15) is 5.75 Å². The Morgan fingerprint density at radius 2 is 2.17 bits per heavy atom.